The van der Waals surface area contributed by atoms with Gasteiger partial charge in [-0.15, -0.1) is 0 Å². The van der Waals surface area contributed by atoms with Gasteiger partial charge in [0.05, 0.1) is 13.2 Å². The number of rotatable bonds is 6. The molecule has 0 radical (unpaired) electrons. The summed E-state index contributed by atoms with van der Waals surface area (Å²) in [6, 6.07) is 0. The van der Waals surface area contributed by atoms with E-state index in [1.807, 2.05) is 0 Å². The highest BCUT2D eigenvalue weighted by Gasteiger charge is 2.28. The molecule has 0 aromatic carbocycles. The van der Waals surface area contributed by atoms with Crippen molar-refractivity contribution in [3.63, 3.8) is 0 Å². The lowest BCUT2D eigenvalue weighted by molar-refractivity contribution is -0.120. The van der Waals surface area contributed by atoms with Crippen molar-refractivity contribution in [2.75, 3.05) is 26.8 Å². The van der Waals surface area contributed by atoms with Gasteiger partial charge in [-0.3, -0.25) is 4.79 Å². The number of hydrogen-bond acceptors (Lipinski definition) is 3. The molecule has 1 aliphatic rings. The van der Waals surface area contributed by atoms with Gasteiger partial charge in [0.1, 0.15) is 0 Å². The van der Waals surface area contributed by atoms with Gasteiger partial charge in [0, 0.05) is 19.2 Å². The zero-order chi connectivity index (χ0) is 11.1. The van der Waals surface area contributed by atoms with Crippen LogP contribution in [0.1, 0.15) is 32.6 Å². The Morgan fingerprint density at radius 1 is 1.40 bits per heavy atom. The highest BCUT2D eigenvalue weighted by atomic mass is 16.5. The van der Waals surface area contributed by atoms with Crippen LogP contribution in [0.4, 0.5) is 0 Å². The second-order valence-corrected chi connectivity index (χ2v) is 4.46. The molecule has 0 unspecified atom stereocenters. The lowest BCUT2D eigenvalue weighted by atomic mass is 10.0. The van der Waals surface area contributed by atoms with Crippen LogP contribution in [0.3, 0.4) is 0 Å². The highest BCUT2D eigenvalue weighted by molar-refractivity contribution is 5.78. The van der Waals surface area contributed by atoms with Crippen molar-refractivity contribution in [3.05, 3.63) is 0 Å². The van der Waals surface area contributed by atoms with E-state index in [0.29, 0.717) is 19.7 Å². The maximum atomic E-state index is 11.4. The molecule has 0 heterocycles. The molecule has 1 rings (SSSR count). The number of nitrogens with one attached hydrogen (secondary N) is 2. The van der Waals surface area contributed by atoms with Crippen LogP contribution >= 0.6 is 0 Å². The van der Waals surface area contributed by atoms with Crippen molar-refractivity contribution in [1.82, 2.24) is 10.6 Å². The van der Waals surface area contributed by atoms with Gasteiger partial charge in [0.15, 0.2) is 0 Å². The molecule has 2 N–H and O–H groups in total. The molecule has 0 aromatic rings. The lowest BCUT2D eigenvalue weighted by Crippen LogP contribution is -2.45. The first-order chi connectivity index (χ1) is 7.16. The largest absolute Gasteiger partial charge is 0.383 e. The third-order valence-corrected chi connectivity index (χ3v) is 3.01. The van der Waals surface area contributed by atoms with E-state index in [2.05, 4.69) is 17.6 Å². The van der Waals surface area contributed by atoms with Crippen LogP contribution in [0.2, 0.25) is 0 Å². The van der Waals surface area contributed by atoms with E-state index in [9.17, 15) is 4.79 Å². The van der Waals surface area contributed by atoms with Crippen LogP contribution in [0.15, 0.2) is 0 Å². The van der Waals surface area contributed by atoms with Gasteiger partial charge in [-0.1, -0.05) is 12.8 Å². The first-order valence-electron chi connectivity index (χ1n) is 5.67. The van der Waals surface area contributed by atoms with E-state index in [-0.39, 0.29) is 11.4 Å². The molecule has 0 bridgehead atoms. The van der Waals surface area contributed by atoms with Crippen LogP contribution in [-0.4, -0.2) is 38.3 Å². The standard InChI is InChI=1S/C11H22N2O2/c1-11(5-3-4-6-11)13-9-10(14)12-7-8-15-2/h13H,3-9H2,1-2H3,(H,12,14). The lowest BCUT2D eigenvalue weighted by Gasteiger charge is -2.24. The molecule has 4 nitrogen and oxygen atoms in total. The molecule has 15 heavy (non-hydrogen) atoms. The minimum absolute atomic E-state index is 0.0557. The zero-order valence-corrected chi connectivity index (χ0v) is 9.77. The van der Waals surface area contributed by atoms with Gasteiger partial charge >= 0.3 is 0 Å². The number of hydrogen-bond donors (Lipinski definition) is 2. The quantitative estimate of drug-likeness (QED) is 0.639. The monoisotopic (exact) mass is 214 g/mol. The number of amides is 1. The fraction of sp³-hybridized carbons (Fsp3) is 0.909. The first-order valence-corrected chi connectivity index (χ1v) is 5.67. The molecule has 1 fully saturated rings. The van der Waals surface area contributed by atoms with E-state index < -0.39 is 0 Å². The Bertz CT molecular complexity index is 201. The maximum Gasteiger partial charge on any atom is 0.234 e. The van der Waals surface area contributed by atoms with Crippen molar-refractivity contribution in [2.45, 2.75) is 38.1 Å². The number of methoxy groups -OCH3 is 1. The molecule has 1 saturated carbocycles. The first kappa shape index (κ1) is 12.5. The summed E-state index contributed by atoms with van der Waals surface area (Å²) in [5.41, 5.74) is 0.179. The molecular weight excluding hydrogens is 192 g/mol. The smallest absolute Gasteiger partial charge is 0.234 e. The second kappa shape index (κ2) is 6.08. The Morgan fingerprint density at radius 2 is 2.07 bits per heavy atom. The zero-order valence-electron chi connectivity index (χ0n) is 9.77. The second-order valence-electron chi connectivity index (χ2n) is 4.46. The summed E-state index contributed by atoms with van der Waals surface area (Å²) < 4.78 is 4.85. The van der Waals surface area contributed by atoms with E-state index in [1.54, 1.807) is 7.11 Å². The maximum absolute atomic E-state index is 11.4. The van der Waals surface area contributed by atoms with Gasteiger partial charge in [-0.25, -0.2) is 0 Å². The van der Waals surface area contributed by atoms with Crippen molar-refractivity contribution < 1.29 is 9.53 Å². The van der Waals surface area contributed by atoms with E-state index in [0.717, 1.165) is 0 Å². The van der Waals surface area contributed by atoms with E-state index in [4.69, 9.17) is 4.74 Å². The van der Waals surface area contributed by atoms with Crippen LogP contribution in [0.5, 0.6) is 0 Å². The molecule has 0 spiro atoms. The fourth-order valence-corrected chi connectivity index (χ4v) is 1.98. The fourth-order valence-electron chi connectivity index (χ4n) is 1.98. The third-order valence-electron chi connectivity index (χ3n) is 3.01. The SMILES string of the molecule is COCCNC(=O)CNC1(C)CCCC1. The summed E-state index contributed by atoms with van der Waals surface area (Å²) in [4.78, 5) is 11.4. The Morgan fingerprint density at radius 3 is 2.67 bits per heavy atom. The van der Waals surface area contributed by atoms with E-state index >= 15 is 0 Å². The molecule has 0 saturated heterocycles. The Kier molecular flexibility index (Phi) is 5.05. The molecule has 1 aliphatic carbocycles. The van der Waals surface area contributed by atoms with Gasteiger partial charge in [0.25, 0.3) is 0 Å². The van der Waals surface area contributed by atoms with Gasteiger partial charge in [-0.2, -0.15) is 0 Å². The average Bonchev–Trinajstić information content (AvgIpc) is 2.64. The Balaban J connectivity index is 2.10. The van der Waals surface area contributed by atoms with Crippen molar-refractivity contribution in [3.8, 4) is 0 Å². The minimum Gasteiger partial charge on any atom is -0.383 e. The third kappa shape index (κ3) is 4.62. The molecule has 0 atom stereocenters. The Labute approximate surface area is 91.8 Å². The summed E-state index contributed by atoms with van der Waals surface area (Å²) in [6.07, 6.45) is 4.90. The molecule has 0 aromatic heterocycles. The summed E-state index contributed by atoms with van der Waals surface area (Å²) in [6.45, 7) is 3.78. The molecule has 4 heteroatoms. The van der Waals surface area contributed by atoms with Crippen LogP contribution in [-0.2, 0) is 9.53 Å². The predicted molar refractivity (Wildman–Crippen MR) is 59.8 cm³/mol. The number of carbonyl (C=O) groups excluding carboxylic acids is 1. The topological polar surface area (TPSA) is 50.4 Å². The van der Waals surface area contributed by atoms with E-state index in [1.165, 1.54) is 25.7 Å². The predicted octanol–water partition coefficient (Wildman–Crippen LogP) is 0.671. The number of carbonyl (C=O) groups is 1. The summed E-state index contributed by atoms with van der Waals surface area (Å²) in [7, 11) is 1.63. The van der Waals surface area contributed by atoms with Crippen LogP contribution < -0.4 is 10.6 Å². The highest BCUT2D eigenvalue weighted by Crippen LogP contribution is 2.28. The summed E-state index contributed by atoms with van der Waals surface area (Å²) in [5.74, 6) is 0.0557. The van der Waals surface area contributed by atoms with Crippen LogP contribution in [0.25, 0.3) is 0 Å². The van der Waals surface area contributed by atoms with Gasteiger partial charge < -0.3 is 15.4 Å². The van der Waals surface area contributed by atoms with Gasteiger partial charge in [-0.05, 0) is 19.8 Å². The summed E-state index contributed by atoms with van der Waals surface area (Å²) >= 11 is 0. The molecular formula is C11H22N2O2. The van der Waals surface area contributed by atoms with Crippen LogP contribution in [0, 0.1) is 0 Å². The minimum atomic E-state index is 0.0557. The van der Waals surface area contributed by atoms with Crippen molar-refractivity contribution >= 4 is 5.91 Å². The molecule has 88 valence electrons. The van der Waals surface area contributed by atoms with Gasteiger partial charge in [0.2, 0.25) is 5.91 Å². The van der Waals surface area contributed by atoms with Crippen molar-refractivity contribution in [1.29, 1.82) is 0 Å². The molecule has 1 amide bonds. The average molecular weight is 214 g/mol. The molecule has 0 aliphatic heterocycles. The summed E-state index contributed by atoms with van der Waals surface area (Å²) in [5, 5.41) is 6.13. The normalized spacial score (nSPS) is 19.1. The number of ether oxygens (including phenoxy) is 1. The van der Waals surface area contributed by atoms with Crippen molar-refractivity contribution in [2.24, 2.45) is 0 Å². The Hall–Kier alpha value is -0.610.